The molecule has 2 aliphatic heterocycles. The molecule has 4 aromatic rings. The van der Waals surface area contributed by atoms with Crippen molar-refractivity contribution in [2.75, 3.05) is 16.8 Å². The number of alkyl halides is 3. The molecule has 2 aliphatic rings. The third-order valence-electron chi connectivity index (χ3n) is 6.93. The third kappa shape index (κ3) is 4.26. The molecule has 15 heteroatoms. The Morgan fingerprint density at radius 1 is 1.07 bits per heavy atom. The average molecular weight is 591 g/mol. The molecular weight excluding hydrogens is 575 g/mol. The molecule has 41 heavy (non-hydrogen) atoms. The van der Waals surface area contributed by atoms with Crippen LogP contribution in [0.5, 0.6) is 0 Å². The van der Waals surface area contributed by atoms with E-state index in [0.29, 0.717) is 11.0 Å². The van der Waals surface area contributed by atoms with Crippen LogP contribution in [0.1, 0.15) is 33.1 Å². The molecule has 3 amide bonds. The molecule has 0 radical (unpaired) electrons. The van der Waals surface area contributed by atoms with Crippen molar-refractivity contribution in [1.82, 2.24) is 20.3 Å². The zero-order chi connectivity index (χ0) is 29.3. The number of rotatable bonds is 3. The first-order valence-electron chi connectivity index (χ1n) is 11.9. The molecule has 0 saturated carbocycles. The Kier molecular flexibility index (Phi) is 6.01. The summed E-state index contributed by atoms with van der Waals surface area (Å²) in [5, 5.41) is 23.9. The number of benzene rings is 3. The smallest absolute Gasteiger partial charge is 0.375 e. The highest BCUT2D eigenvalue weighted by atomic mass is 35.5. The van der Waals surface area contributed by atoms with E-state index in [4.69, 9.17) is 11.6 Å². The van der Waals surface area contributed by atoms with E-state index in [0.717, 1.165) is 29.1 Å². The number of nitrogens with zero attached hydrogens (tertiary/aromatic N) is 4. The first-order valence-corrected chi connectivity index (χ1v) is 12.2. The second kappa shape index (κ2) is 9.24. The topological polar surface area (TPSA) is 112 Å². The summed E-state index contributed by atoms with van der Waals surface area (Å²) in [5.41, 5.74) is -4.25. The molecule has 1 aromatic heterocycles. The van der Waals surface area contributed by atoms with E-state index in [-0.39, 0.29) is 38.8 Å². The number of β-amino-alcohol motifs (C(OH)–C–C–N with tert-alkyl or cyclic N) is 1. The summed E-state index contributed by atoms with van der Waals surface area (Å²) in [5.74, 6) is -2.30. The van der Waals surface area contributed by atoms with E-state index in [1.807, 2.05) is 0 Å². The Morgan fingerprint density at radius 3 is 2.46 bits per heavy atom. The zero-order valence-electron chi connectivity index (χ0n) is 20.4. The predicted molar refractivity (Wildman–Crippen MR) is 135 cm³/mol. The van der Waals surface area contributed by atoms with Crippen molar-refractivity contribution in [3.8, 4) is 5.69 Å². The number of urea groups is 1. The molecule has 0 saturated heterocycles. The quantitative estimate of drug-likeness (QED) is 0.296. The molecule has 210 valence electrons. The van der Waals surface area contributed by atoms with Crippen molar-refractivity contribution >= 4 is 34.9 Å². The molecule has 0 bridgehead atoms. The van der Waals surface area contributed by atoms with Gasteiger partial charge in [-0.1, -0.05) is 11.6 Å². The van der Waals surface area contributed by atoms with Crippen molar-refractivity contribution in [2.45, 2.75) is 17.8 Å². The van der Waals surface area contributed by atoms with Crippen LogP contribution in [0, 0.1) is 11.6 Å². The lowest BCUT2D eigenvalue weighted by Crippen LogP contribution is -2.48. The van der Waals surface area contributed by atoms with Crippen molar-refractivity contribution in [3.63, 3.8) is 0 Å². The van der Waals surface area contributed by atoms with Gasteiger partial charge >= 0.3 is 12.2 Å². The normalized spacial score (nSPS) is 19.6. The number of nitrogens with one attached hydrogen (secondary N) is 2. The van der Waals surface area contributed by atoms with Gasteiger partial charge < -0.3 is 15.7 Å². The lowest BCUT2D eigenvalue weighted by molar-refractivity contribution is -0.258. The summed E-state index contributed by atoms with van der Waals surface area (Å²) < 4.78 is 69.9. The van der Waals surface area contributed by atoms with Crippen LogP contribution in [-0.4, -0.2) is 44.8 Å². The Morgan fingerprint density at radius 2 is 1.76 bits per heavy atom. The monoisotopic (exact) mass is 590 g/mol. The molecule has 0 spiro atoms. The van der Waals surface area contributed by atoms with Gasteiger partial charge in [-0.15, -0.1) is 0 Å². The van der Waals surface area contributed by atoms with Crippen LogP contribution in [0.3, 0.4) is 0 Å². The largest absolute Gasteiger partial charge is 0.423 e. The summed E-state index contributed by atoms with van der Waals surface area (Å²) in [4.78, 5) is 28.3. The molecule has 6 rings (SSSR count). The van der Waals surface area contributed by atoms with Gasteiger partial charge in [-0.2, -0.15) is 28.2 Å². The lowest BCUT2D eigenvalue weighted by Gasteiger charge is -2.27. The maximum atomic E-state index is 14.2. The number of hydrogen-bond acceptors (Lipinski definition) is 5. The van der Waals surface area contributed by atoms with Crippen LogP contribution in [0.25, 0.3) is 5.69 Å². The maximum absolute atomic E-state index is 14.2. The molecule has 3 N–H and O–H groups in total. The van der Waals surface area contributed by atoms with Gasteiger partial charge in [0.25, 0.3) is 5.91 Å². The first kappa shape index (κ1) is 26.7. The van der Waals surface area contributed by atoms with E-state index in [2.05, 4.69) is 20.8 Å². The number of hydrogen-bond donors (Lipinski definition) is 3. The maximum Gasteiger partial charge on any atom is 0.423 e. The van der Waals surface area contributed by atoms with E-state index < -0.39 is 53.5 Å². The number of halogens is 6. The number of carbonyl (C=O) groups is 2. The van der Waals surface area contributed by atoms with Crippen molar-refractivity contribution in [3.05, 3.63) is 99.8 Å². The number of amides is 3. The lowest BCUT2D eigenvalue weighted by atomic mass is 9.95. The summed E-state index contributed by atoms with van der Waals surface area (Å²) in [6.45, 7) is -1.26. The van der Waals surface area contributed by atoms with Crippen LogP contribution >= 0.6 is 11.6 Å². The van der Waals surface area contributed by atoms with Crippen molar-refractivity contribution in [1.29, 1.82) is 0 Å². The molecule has 3 aromatic carbocycles. The van der Waals surface area contributed by atoms with Gasteiger partial charge in [-0.3, -0.25) is 9.69 Å². The molecule has 0 unspecified atom stereocenters. The Labute approximate surface area is 232 Å². The van der Waals surface area contributed by atoms with E-state index in [1.54, 1.807) is 0 Å². The molecule has 3 heterocycles. The number of carbonyl (C=O) groups excluding carboxylic acids is 2. The van der Waals surface area contributed by atoms with E-state index in [1.165, 1.54) is 30.6 Å². The minimum Gasteiger partial charge on any atom is -0.375 e. The van der Waals surface area contributed by atoms with Crippen LogP contribution in [-0.2, 0) is 5.60 Å². The highest BCUT2D eigenvalue weighted by Gasteiger charge is 2.61. The SMILES string of the molecule is O=C1N[C@H](c2cc(F)ccc2Cl)c2c(NC(=O)N3C[C@](O)(C(F)(F)F)c4cc(F)ccc43)cc(-n3nccn3)cc21. The summed E-state index contributed by atoms with van der Waals surface area (Å²) in [6.07, 6.45) is -2.52. The van der Waals surface area contributed by atoms with Gasteiger partial charge in [0.2, 0.25) is 5.60 Å². The van der Waals surface area contributed by atoms with Gasteiger partial charge in [0.1, 0.15) is 11.6 Å². The molecule has 2 atom stereocenters. The van der Waals surface area contributed by atoms with Crippen LogP contribution in [0.2, 0.25) is 5.02 Å². The fourth-order valence-corrected chi connectivity index (χ4v) is 5.26. The van der Waals surface area contributed by atoms with E-state index in [9.17, 15) is 36.6 Å². The third-order valence-corrected chi connectivity index (χ3v) is 7.27. The molecule has 9 nitrogen and oxygen atoms in total. The number of fused-ring (bicyclic) bond motifs is 2. The van der Waals surface area contributed by atoms with E-state index >= 15 is 0 Å². The number of anilines is 2. The van der Waals surface area contributed by atoms with Gasteiger partial charge in [-0.25, -0.2) is 13.6 Å². The van der Waals surface area contributed by atoms with Crippen LogP contribution < -0.4 is 15.5 Å². The second-order valence-corrected chi connectivity index (χ2v) is 9.79. The summed E-state index contributed by atoms with van der Waals surface area (Å²) in [7, 11) is 0. The minimum absolute atomic E-state index is 0.0381. The Balaban J connectivity index is 1.47. The first-order chi connectivity index (χ1) is 19.4. The highest BCUT2D eigenvalue weighted by molar-refractivity contribution is 6.31. The summed E-state index contributed by atoms with van der Waals surface area (Å²) in [6, 6.07) is 6.43. The Hall–Kier alpha value is -4.56. The highest BCUT2D eigenvalue weighted by Crippen LogP contribution is 2.49. The number of aromatic nitrogens is 3. The van der Waals surface area contributed by atoms with Gasteiger partial charge in [-0.05, 0) is 48.5 Å². The fraction of sp³-hybridized carbons (Fsp3) is 0.154. The second-order valence-electron chi connectivity index (χ2n) is 9.38. The van der Waals surface area contributed by atoms with Crippen molar-refractivity contribution in [2.24, 2.45) is 0 Å². The fourth-order valence-electron chi connectivity index (χ4n) is 5.04. The molecule has 0 fully saturated rings. The zero-order valence-corrected chi connectivity index (χ0v) is 21.1. The van der Waals surface area contributed by atoms with Gasteiger partial charge in [0.15, 0.2) is 0 Å². The standard InChI is InChI=1S/C26H16ClF5N6O3/c27-18-3-1-12(28)7-15(18)22-21-16(23(39)36-22)9-14(38-33-5-6-34-38)10-19(21)35-24(40)37-11-25(41,26(30,31)32)17-8-13(29)2-4-20(17)37/h1-10,22,41H,11H2,(H,35,40)(H,36,39)/t22-,25-/m1/s1. The van der Waals surface area contributed by atoms with Gasteiger partial charge in [0, 0.05) is 27.3 Å². The average Bonchev–Trinajstić information content (AvgIpc) is 3.63. The van der Waals surface area contributed by atoms with Crippen LogP contribution in [0.15, 0.2) is 60.9 Å². The van der Waals surface area contributed by atoms with Crippen LogP contribution in [0.4, 0.5) is 38.1 Å². The number of aliphatic hydroxyl groups is 1. The van der Waals surface area contributed by atoms with Gasteiger partial charge in [0.05, 0.1) is 42.0 Å². The molecule has 0 aliphatic carbocycles. The molecular formula is C26H16ClF5N6O3. The minimum atomic E-state index is -5.24. The summed E-state index contributed by atoms with van der Waals surface area (Å²) >= 11 is 6.31. The Bertz CT molecular complexity index is 1730. The van der Waals surface area contributed by atoms with Crippen molar-refractivity contribution < 1.29 is 36.6 Å². The predicted octanol–water partition coefficient (Wildman–Crippen LogP) is 4.83.